The lowest BCUT2D eigenvalue weighted by Gasteiger charge is -2.17. The summed E-state index contributed by atoms with van der Waals surface area (Å²) in [5.41, 5.74) is 4.22. The van der Waals surface area contributed by atoms with Gasteiger partial charge in [0.2, 0.25) is 5.91 Å². The van der Waals surface area contributed by atoms with Gasteiger partial charge in [0.15, 0.2) is 0 Å². The van der Waals surface area contributed by atoms with Crippen LogP contribution >= 0.6 is 23.4 Å². The van der Waals surface area contributed by atoms with Crippen molar-refractivity contribution in [2.24, 2.45) is 0 Å². The standard InChI is InChI=1S/C40H36ClN3O4S/c1-3-37(40(47)43-35-19-11-18-34(41)27(35)2)49-33-17-10-16-31(25-33)42-39(46)36(44-38(45)30-14-8-5-9-15-30)24-28-20-22-32(23-21-28)48-26-29-12-6-4-7-13-29/h4-25,37H,3,26H2,1-2H3,(H,42,46)(H,43,47)(H,44,45)/b36-24+. The van der Waals surface area contributed by atoms with Crippen LogP contribution in [-0.2, 0) is 16.2 Å². The van der Waals surface area contributed by atoms with Crippen LogP contribution < -0.4 is 20.7 Å². The molecular weight excluding hydrogens is 654 g/mol. The van der Waals surface area contributed by atoms with Crippen molar-refractivity contribution in [1.82, 2.24) is 5.32 Å². The predicted octanol–water partition coefficient (Wildman–Crippen LogP) is 9.15. The van der Waals surface area contributed by atoms with Crippen LogP contribution in [0.1, 0.15) is 40.4 Å². The molecule has 0 bridgehead atoms. The molecule has 3 N–H and O–H groups in total. The molecule has 0 saturated carbocycles. The maximum absolute atomic E-state index is 13.7. The second-order valence-electron chi connectivity index (χ2n) is 11.1. The molecular formula is C40H36ClN3O4S. The molecule has 0 heterocycles. The van der Waals surface area contributed by atoms with E-state index in [1.54, 1.807) is 54.6 Å². The molecule has 0 aliphatic rings. The Morgan fingerprint density at radius 2 is 1.51 bits per heavy atom. The number of benzene rings is 5. The maximum Gasteiger partial charge on any atom is 0.272 e. The molecule has 0 aliphatic carbocycles. The van der Waals surface area contributed by atoms with Gasteiger partial charge in [-0.15, -0.1) is 11.8 Å². The molecule has 5 aromatic rings. The predicted molar refractivity (Wildman–Crippen MR) is 199 cm³/mol. The number of hydrogen-bond acceptors (Lipinski definition) is 5. The number of carbonyl (C=O) groups excluding carboxylic acids is 3. The van der Waals surface area contributed by atoms with Crippen molar-refractivity contribution in [3.63, 3.8) is 0 Å². The van der Waals surface area contributed by atoms with Gasteiger partial charge in [-0.25, -0.2) is 0 Å². The molecule has 9 heteroatoms. The monoisotopic (exact) mass is 689 g/mol. The first-order valence-corrected chi connectivity index (χ1v) is 17.0. The highest BCUT2D eigenvalue weighted by Crippen LogP contribution is 2.30. The highest BCUT2D eigenvalue weighted by molar-refractivity contribution is 8.00. The molecule has 1 atom stereocenters. The van der Waals surface area contributed by atoms with E-state index >= 15 is 0 Å². The van der Waals surface area contributed by atoms with Crippen molar-refractivity contribution in [2.75, 3.05) is 10.6 Å². The minimum atomic E-state index is -0.503. The van der Waals surface area contributed by atoms with Gasteiger partial charge in [-0.05, 0) is 90.7 Å². The molecule has 5 aromatic carbocycles. The Kier molecular flexibility index (Phi) is 12.3. The third kappa shape index (κ3) is 10.1. The van der Waals surface area contributed by atoms with Crippen LogP contribution in [0.25, 0.3) is 6.08 Å². The molecule has 49 heavy (non-hydrogen) atoms. The molecule has 3 amide bonds. The Bertz CT molecular complexity index is 1930. The summed E-state index contributed by atoms with van der Waals surface area (Å²) >= 11 is 7.64. The summed E-state index contributed by atoms with van der Waals surface area (Å²) in [6.07, 6.45) is 2.20. The number of thioether (sulfide) groups is 1. The average Bonchev–Trinajstić information content (AvgIpc) is 3.12. The number of halogens is 1. The molecule has 0 fully saturated rings. The van der Waals surface area contributed by atoms with Crippen LogP contribution in [0.2, 0.25) is 5.02 Å². The Morgan fingerprint density at radius 1 is 0.816 bits per heavy atom. The van der Waals surface area contributed by atoms with E-state index in [2.05, 4.69) is 16.0 Å². The topological polar surface area (TPSA) is 96.5 Å². The summed E-state index contributed by atoms with van der Waals surface area (Å²) in [7, 11) is 0. The van der Waals surface area contributed by atoms with Crippen molar-refractivity contribution >= 4 is 58.5 Å². The van der Waals surface area contributed by atoms with Gasteiger partial charge in [0.1, 0.15) is 18.1 Å². The molecule has 0 saturated heterocycles. The van der Waals surface area contributed by atoms with Crippen LogP contribution in [0.15, 0.2) is 138 Å². The molecule has 7 nitrogen and oxygen atoms in total. The molecule has 0 radical (unpaired) electrons. The first-order valence-electron chi connectivity index (χ1n) is 15.8. The van der Waals surface area contributed by atoms with Gasteiger partial charge in [-0.1, -0.05) is 91.3 Å². The van der Waals surface area contributed by atoms with E-state index in [9.17, 15) is 14.4 Å². The zero-order valence-electron chi connectivity index (χ0n) is 27.1. The molecule has 5 rings (SSSR count). The highest BCUT2D eigenvalue weighted by Gasteiger charge is 2.20. The fraction of sp³-hybridized carbons (Fsp3) is 0.125. The number of nitrogens with one attached hydrogen (secondary N) is 3. The van der Waals surface area contributed by atoms with Crippen LogP contribution in [0, 0.1) is 6.92 Å². The lowest BCUT2D eigenvalue weighted by atomic mass is 10.1. The van der Waals surface area contributed by atoms with E-state index in [0.717, 1.165) is 16.0 Å². The number of rotatable bonds is 13. The largest absolute Gasteiger partial charge is 0.489 e. The van der Waals surface area contributed by atoms with Crippen LogP contribution in [0.3, 0.4) is 0 Å². The van der Waals surface area contributed by atoms with Crippen LogP contribution in [0.5, 0.6) is 5.75 Å². The molecule has 0 aliphatic heterocycles. The maximum atomic E-state index is 13.7. The van der Waals surface area contributed by atoms with E-state index < -0.39 is 11.8 Å². The molecule has 248 valence electrons. The zero-order chi connectivity index (χ0) is 34.6. The Morgan fingerprint density at radius 3 is 2.22 bits per heavy atom. The van der Waals surface area contributed by atoms with E-state index in [1.807, 2.05) is 92.7 Å². The first-order chi connectivity index (χ1) is 23.8. The second-order valence-corrected chi connectivity index (χ2v) is 12.8. The molecule has 0 aromatic heterocycles. The average molecular weight is 690 g/mol. The minimum absolute atomic E-state index is 0.0626. The van der Waals surface area contributed by atoms with E-state index in [4.69, 9.17) is 16.3 Å². The Balaban J connectivity index is 1.30. The smallest absolute Gasteiger partial charge is 0.272 e. The van der Waals surface area contributed by atoms with Crippen molar-refractivity contribution in [2.45, 2.75) is 37.0 Å². The highest BCUT2D eigenvalue weighted by atomic mass is 35.5. The normalized spacial score (nSPS) is 11.7. The summed E-state index contributed by atoms with van der Waals surface area (Å²) in [6.45, 7) is 4.24. The van der Waals surface area contributed by atoms with Gasteiger partial charge in [-0.2, -0.15) is 0 Å². The Hall–Kier alpha value is -5.31. The van der Waals surface area contributed by atoms with Crippen LogP contribution in [0.4, 0.5) is 11.4 Å². The van der Waals surface area contributed by atoms with Gasteiger partial charge in [0.05, 0.1) is 5.25 Å². The third-order valence-electron chi connectivity index (χ3n) is 7.53. The number of carbonyl (C=O) groups is 3. The van der Waals surface area contributed by atoms with Gasteiger partial charge >= 0.3 is 0 Å². The first kappa shape index (κ1) is 35.0. The van der Waals surface area contributed by atoms with Gasteiger partial charge in [0.25, 0.3) is 11.8 Å². The van der Waals surface area contributed by atoms with E-state index in [0.29, 0.717) is 46.3 Å². The van der Waals surface area contributed by atoms with Crippen LogP contribution in [-0.4, -0.2) is 23.0 Å². The number of amides is 3. The number of ether oxygens (including phenoxy) is 1. The van der Waals surface area contributed by atoms with Crippen molar-refractivity contribution < 1.29 is 19.1 Å². The lowest BCUT2D eigenvalue weighted by molar-refractivity contribution is -0.116. The van der Waals surface area contributed by atoms with Gasteiger partial charge < -0.3 is 20.7 Å². The lowest BCUT2D eigenvalue weighted by Crippen LogP contribution is -2.30. The number of hydrogen-bond donors (Lipinski definition) is 3. The van der Waals surface area contributed by atoms with E-state index in [1.165, 1.54) is 11.8 Å². The molecule has 1 unspecified atom stereocenters. The van der Waals surface area contributed by atoms with Crippen molar-refractivity contribution in [1.29, 1.82) is 0 Å². The van der Waals surface area contributed by atoms with Crippen molar-refractivity contribution in [3.05, 3.63) is 160 Å². The van der Waals surface area contributed by atoms with Crippen molar-refractivity contribution in [3.8, 4) is 5.75 Å². The van der Waals surface area contributed by atoms with Gasteiger partial charge in [-0.3, -0.25) is 14.4 Å². The summed E-state index contributed by atoms with van der Waals surface area (Å²) in [5, 5.41) is 8.87. The van der Waals surface area contributed by atoms with Gasteiger partial charge in [0, 0.05) is 26.9 Å². The fourth-order valence-electron chi connectivity index (χ4n) is 4.80. The minimum Gasteiger partial charge on any atom is -0.489 e. The van der Waals surface area contributed by atoms with E-state index in [-0.39, 0.29) is 16.9 Å². The Labute approximate surface area is 295 Å². The number of anilines is 2. The molecule has 0 spiro atoms. The summed E-state index contributed by atoms with van der Waals surface area (Å²) in [4.78, 5) is 40.8. The summed E-state index contributed by atoms with van der Waals surface area (Å²) in [6, 6.07) is 38.5. The SMILES string of the molecule is CCC(Sc1cccc(NC(=O)/C(=C\c2ccc(OCc3ccccc3)cc2)NC(=O)c2ccccc2)c1)C(=O)Nc1cccc(Cl)c1C. The quantitative estimate of drug-likeness (QED) is 0.0846. The second kappa shape index (κ2) is 17.2. The zero-order valence-corrected chi connectivity index (χ0v) is 28.7. The third-order valence-corrected chi connectivity index (χ3v) is 9.29. The summed E-state index contributed by atoms with van der Waals surface area (Å²) < 4.78 is 5.90. The summed E-state index contributed by atoms with van der Waals surface area (Å²) in [5.74, 6) is -0.382. The fourth-order valence-corrected chi connectivity index (χ4v) is 5.99.